The van der Waals surface area contributed by atoms with Crippen LogP contribution in [-0.4, -0.2) is 27.9 Å². The highest BCUT2D eigenvalue weighted by Crippen LogP contribution is 2.37. The Morgan fingerprint density at radius 3 is 2.57 bits per heavy atom. The molecule has 1 saturated carbocycles. The summed E-state index contributed by atoms with van der Waals surface area (Å²) in [7, 11) is 0. The first-order valence-corrected chi connectivity index (χ1v) is 8.86. The Bertz CT molecular complexity index is 489. The van der Waals surface area contributed by atoms with Gasteiger partial charge in [0.1, 0.15) is 4.88 Å². The summed E-state index contributed by atoms with van der Waals surface area (Å²) < 4.78 is 3.95. The van der Waals surface area contributed by atoms with Gasteiger partial charge in [-0.25, -0.2) is 0 Å². The van der Waals surface area contributed by atoms with Gasteiger partial charge >= 0.3 is 0 Å². The second kappa shape index (κ2) is 6.61. The summed E-state index contributed by atoms with van der Waals surface area (Å²) in [5.74, 6) is 0.547. The van der Waals surface area contributed by atoms with E-state index in [4.69, 9.17) is 11.6 Å². The zero-order valence-electron chi connectivity index (χ0n) is 13.0. The predicted octanol–water partition coefficient (Wildman–Crippen LogP) is 3.75. The van der Waals surface area contributed by atoms with Crippen molar-refractivity contribution in [2.24, 2.45) is 5.41 Å². The SMILES string of the molecule is CC(C)(C)c1nnsc1C(=O)NCC1(CCl)CCCCC1. The topological polar surface area (TPSA) is 54.9 Å². The van der Waals surface area contributed by atoms with Crippen molar-refractivity contribution in [3.63, 3.8) is 0 Å². The summed E-state index contributed by atoms with van der Waals surface area (Å²) in [4.78, 5) is 13.1. The fourth-order valence-electron chi connectivity index (χ4n) is 2.84. The normalized spacial score (nSPS) is 18.5. The van der Waals surface area contributed by atoms with Crippen LogP contribution in [0.5, 0.6) is 0 Å². The van der Waals surface area contributed by atoms with E-state index in [9.17, 15) is 4.79 Å². The van der Waals surface area contributed by atoms with Crippen molar-refractivity contribution in [3.8, 4) is 0 Å². The van der Waals surface area contributed by atoms with Gasteiger partial charge in [0.05, 0.1) is 5.69 Å². The van der Waals surface area contributed by atoms with Crippen molar-refractivity contribution >= 4 is 29.0 Å². The lowest BCUT2D eigenvalue weighted by molar-refractivity contribution is 0.0922. The smallest absolute Gasteiger partial charge is 0.264 e. The summed E-state index contributed by atoms with van der Waals surface area (Å²) in [6.45, 7) is 6.78. The molecule has 0 aromatic carbocycles. The van der Waals surface area contributed by atoms with Crippen molar-refractivity contribution in [1.82, 2.24) is 14.9 Å². The van der Waals surface area contributed by atoms with E-state index in [0.29, 0.717) is 17.3 Å². The first-order chi connectivity index (χ1) is 9.88. The first-order valence-electron chi connectivity index (χ1n) is 7.55. The second-order valence-electron chi connectivity index (χ2n) is 7.08. The molecule has 1 aromatic heterocycles. The van der Waals surface area contributed by atoms with Crippen molar-refractivity contribution < 1.29 is 4.79 Å². The molecule has 1 N–H and O–H groups in total. The monoisotopic (exact) mass is 329 g/mol. The summed E-state index contributed by atoms with van der Waals surface area (Å²) >= 11 is 7.35. The van der Waals surface area contributed by atoms with E-state index >= 15 is 0 Å². The van der Waals surface area contributed by atoms with E-state index in [-0.39, 0.29) is 16.7 Å². The number of rotatable bonds is 4. The van der Waals surface area contributed by atoms with Gasteiger partial charge in [-0.3, -0.25) is 4.79 Å². The van der Waals surface area contributed by atoms with E-state index in [2.05, 4.69) is 14.9 Å². The fraction of sp³-hybridized carbons (Fsp3) is 0.800. The molecular formula is C15H24ClN3OS. The first kappa shape index (κ1) is 16.7. The Balaban J connectivity index is 2.03. The molecule has 1 fully saturated rings. The summed E-state index contributed by atoms with van der Waals surface area (Å²) in [5, 5.41) is 7.19. The van der Waals surface area contributed by atoms with Crippen LogP contribution in [-0.2, 0) is 5.41 Å². The second-order valence-corrected chi connectivity index (χ2v) is 8.10. The quantitative estimate of drug-likeness (QED) is 0.856. The summed E-state index contributed by atoms with van der Waals surface area (Å²) in [5.41, 5.74) is 0.665. The fourth-order valence-corrected chi connectivity index (χ4v) is 3.99. The number of aromatic nitrogens is 2. The van der Waals surface area contributed by atoms with Crippen molar-refractivity contribution in [1.29, 1.82) is 0 Å². The number of nitrogens with zero attached hydrogens (tertiary/aromatic N) is 2. The van der Waals surface area contributed by atoms with Crippen LogP contribution in [0.4, 0.5) is 0 Å². The maximum absolute atomic E-state index is 12.5. The molecule has 4 nitrogen and oxygen atoms in total. The number of nitrogens with one attached hydrogen (secondary N) is 1. The molecule has 1 aromatic rings. The largest absolute Gasteiger partial charge is 0.351 e. The van der Waals surface area contributed by atoms with E-state index in [1.165, 1.54) is 30.8 Å². The molecule has 118 valence electrons. The molecule has 0 bridgehead atoms. The molecule has 0 unspecified atom stereocenters. The van der Waals surface area contributed by atoms with Gasteiger partial charge in [0, 0.05) is 23.3 Å². The van der Waals surface area contributed by atoms with Gasteiger partial charge in [-0.15, -0.1) is 16.7 Å². The highest BCUT2D eigenvalue weighted by atomic mass is 35.5. The van der Waals surface area contributed by atoms with Crippen LogP contribution in [0.25, 0.3) is 0 Å². The van der Waals surface area contributed by atoms with E-state index in [1.807, 2.05) is 20.8 Å². The van der Waals surface area contributed by atoms with Gasteiger partial charge in [-0.2, -0.15) is 0 Å². The number of carbonyl (C=O) groups is 1. The number of amides is 1. The predicted molar refractivity (Wildman–Crippen MR) is 87.2 cm³/mol. The molecule has 1 heterocycles. The molecule has 2 rings (SSSR count). The lowest BCUT2D eigenvalue weighted by Crippen LogP contribution is -2.40. The Kier molecular flexibility index (Phi) is 5.25. The standard InChI is InChI=1S/C15H24ClN3OS/c1-14(2,3)12-11(21-19-18-12)13(20)17-10-15(9-16)7-5-4-6-8-15/h4-10H2,1-3H3,(H,17,20). The maximum Gasteiger partial charge on any atom is 0.264 e. The number of halogens is 1. The maximum atomic E-state index is 12.5. The van der Waals surface area contributed by atoms with Gasteiger partial charge in [0.2, 0.25) is 0 Å². The zero-order chi connectivity index (χ0) is 15.5. The number of hydrogen-bond donors (Lipinski definition) is 1. The molecule has 0 aliphatic heterocycles. The Morgan fingerprint density at radius 1 is 1.33 bits per heavy atom. The molecule has 0 saturated heterocycles. The van der Waals surface area contributed by atoms with Crippen LogP contribution in [0.15, 0.2) is 0 Å². The average Bonchev–Trinajstić information content (AvgIpc) is 2.95. The molecule has 1 aliphatic rings. The van der Waals surface area contributed by atoms with Crippen LogP contribution in [0.3, 0.4) is 0 Å². The highest BCUT2D eigenvalue weighted by Gasteiger charge is 2.33. The van der Waals surface area contributed by atoms with E-state index < -0.39 is 0 Å². The Labute approximate surface area is 135 Å². The van der Waals surface area contributed by atoms with Crippen LogP contribution >= 0.6 is 23.1 Å². The van der Waals surface area contributed by atoms with Gasteiger partial charge < -0.3 is 5.32 Å². The van der Waals surface area contributed by atoms with Crippen LogP contribution in [0.2, 0.25) is 0 Å². The summed E-state index contributed by atoms with van der Waals surface area (Å²) in [6.07, 6.45) is 5.89. The van der Waals surface area contributed by atoms with Crippen molar-refractivity contribution in [2.45, 2.75) is 58.3 Å². The minimum Gasteiger partial charge on any atom is -0.351 e. The van der Waals surface area contributed by atoms with E-state index in [0.717, 1.165) is 18.5 Å². The van der Waals surface area contributed by atoms with Gasteiger partial charge in [0.25, 0.3) is 5.91 Å². The molecule has 6 heteroatoms. The lowest BCUT2D eigenvalue weighted by Gasteiger charge is -2.35. The van der Waals surface area contributed by atoms with Crippen LogP contribution < -0.4 is 5.32 Å². The van der Waals surface area contributed by atoms with Crippen LogP contribution in [0, 0.1) is 5.41 Å². The molecule has 0 spiro atoms. The number of hydrogen-bond acceptors (Lipinski definition) is 4. The molecule has 1 aliphatic carbocycles. The van der Waals surface area contributed by atoms with Gasteiger partial charge in [-0.05, 0) is 24.4 Å². The number of carbonyl (C=O) groups excluding carboxylic acids is 1. The minimum atomic E-state index is -0.172. The minimum absolute atomic E-state index is 0.0648. The number of alkyl halides is 1. The van der Waals surface area contributed by atoms with Crippen molar-refractivity contribution in [2.75, 3.05) is 12.4 Å². The van der Waals surface area contributed by atoms with E-state index in [1.54, 1.807) is 0 Å². The molecule has 0 atom stereocenters. The molecular weight excluding hydrogens is 306 g/mol. The zero-order valence-corrected chi connectivity index (χ0v) is 14.6. The highest BCUT2D eigenvalue weighted by molar-refractivity contribution is 7.08. The molecule has 0 radical (unpaired) electrons. The van der Waals surface area contributed by atoms with Crippen molar-refractivity contribution in [3.05, 3.63) is 10.6 Å². The Morgan fingerprint density at radius 2 is 2.00 bits per heavy atom. The van der Waals surface area contributed by atoms with Gasteiger partial charge in [-0.1, -0.05) is 44.5 Å². The Hall–Kier alpha value is -0.680. The third-order valence-electron chi connectivity index (χ3n) is 4.23. The third kappa shape index (κ3) is 3.95. The van der Waals surface area contributed by atoms with Crippen LogP contribution in [0.1, 0.15) is 68.2 Å². The average molecular weight is 330 g/mol. The van der Waals surface area contributed by atoms with Gasteiger partial charge in [0.15, 0.2) is 0 Å². The summed E-state index contributed by atoms with van der Waals surface area (Å²) in [6, 6.07) is 0. The lowest BCUT2D eigenvalue weighted by atomic mass is 9.75. The molecule has 21 heavy (non-hydrogen) atoms. The molecule has 1 amide bonds. The third-order valence-corrected chi connectivity index (χ3v) is 5.52.